The van der Waals surface area contributed by atoms with E-state index in [0.29, 0.717) is 0 Å². The summed E-state index contributed by atoms with van der Waals surface area (Å²) >= 11 is 0. The molecule has 0 aromatic heterocycles. The number of hydrogen-bond acceptors (Lipinski definition) is 2. The quantitative estimate of drug-likeness (QED) is 0.801. The predicted octanol–water partition coefficient (Wildman–Crippen LogP) is 1.98. The van der Waals surface area contributed by atoms with Gasteiger partial charge in [0.15, 0.2) is 0 Å². The van der Waals surface area contributed by atoms with E-state index in [4.69, 9.17) is 5.73 Å². The first-order valence-electron chi connectivity index (χ1n) is 5.95. The van der Waals surface area contributed by atoms with Crippen molar-refractivity contribution in [3.8, 4) is 11.8 Å². The van der Waals surface area contributed by atoms with E-state index in [0.717, 1.165) is 16.8 Å². The molecule has 0 unspecified atom stereocenters. The summed E-state index contributed by atoms with van der Waals surface area (Å²) < 4.78 is 0. The molecule has 19 heavy (non-hydrogen) atoms. The number of amides is 1. The molecule has 0 saturated carbocycles. The molecule has 1 amide bonds. The third-order valence-electron chi connectivity index (χ3n) is 2.48. The maximum atomic E-state index is 11.1. The van der Waals surface area contributed by atoms with Gasteiger partial charge in [0.2, 0.25) is 5.91 Å². The summed E-state index contributed by atoms with van der Waals surface area (Å²) in [5.74, 6) is 5.94. The van der Waals surface area contributed by atoms with Crippen LogP contribution in [0.25, 0.3) is 0 Å². The fraction of sp³-hybridized carbons (Fsp3) is 0.0625. The van der Waals surface area contributed by atoms with E-state index < -0.39 is 0 Å². The minimum Gasteiger partial charge on any atom is -0.325 e. The highest BCUT2D eigenvalue weighted by Crippen LogP contribution is 2.08. The first kappa shape index (κ1) is 12.9. The van der Waals surface area contributed by atoms with E-state index >= 15 is 0 Å². The Bertz CT molecular complexity index is 607. The second-order valence-corrected chi connectivity index (χ2v) is 3.95. The number of carbonyl (C=O) groups is 1. The van der Waals surface area contributed by atoms with Gasteiger partial charge >= 0.3 is 0 Å². The minimum absolute atomic E-state index is 0.0183. The Balaban J connectivity index is 2.07. The van der Waals surface area contributed by atoms with Gasteiger partial charge in [-0.2, -0.15) is 0 Å². The molecule has 2 aromatic rings. The molecule has 94 valence electrons. The summed E-state index contributed by atoms with van der Waals surface area (Å²) in [4.78, 5) is 11.1. The molecule has 0 atom stereocenters. The van der Waals surface area contributed by atoms with Gasteiger partial charge in [0.25, 0.3) is 0 Å². The number of benzene rings is 2. The van der Waals surface area contributed by atoms with Crippen LogP contribution in [0.4, 0.5) is 5.69 Å². The Morgan fingerprint density at radius 3 is 2.11 bits per heavy atom. The predicted molar refractivity (Wildman–Crippen MR) is 76.5 cm³/mol. The van der Waals surface area contributed by atoms with E-state index in [1.165, 1.54) is 0 Å². The molecule has 0 spiro atoms. The third kappa shape index (κ3) is 3.98. The standard InChI is InChI=1S/C16H14N2O/c17-12-16(19)18-15-10-8-14(9-11-15)7-6-13-4-2-1-3-5-13/h1-5,8-11H,12,17H2,(H,18,19). The fourth-order valence-electron chi connectivity index (χ4n) is 1.51. The highest BCUT2D eigenvalue weighted by molar-refractivity contribution is 5.92. The highest BCUT2D eigenvalue weighted by atomic mass is 16.1. The van der Waals surface area contributed by atoms with E-state index in [1.54, 1.807) is 0 Å². The smallest absolute Gasteiger partial charge is 0.238 e. The van der Waals surface area contributed by atoms with Crippen molar-refractivity contribution in [2.45, 2.75) is 0 Å². The summed E-state index contributed by atoms with van der Waals surface area (Å²) in [7, 11) is 0. The lowest BCUT2D eigenvalue weighted by Crippen LogP contribution is -2.21. The molecular weight excluding hydrogens is 236 g/mol. The van der Waals surface area contributed by atoms with Crippen molar-refractivity contribution >= 4 is 11.6 Å². The zero-order valence-electron chi connectivity index (χ0n) is 10.4. The topological polar surface area (TPSA) is 55.1 Å². The SMILES string of the molecule is NCC(=O)Nc1ccc(C#Cc2ccccc2)cc1. The van der Waals surface area contributed by atoms with E-state index in [9.17, 15) is 4.79 Å². The zero-order valence-corrected chi connectivity index (χ0v) is 10.4. The minimum atomic E-state index is -0.205. The summed E-state index contributed by atoms with van der Waals surface area (Å²) in [6.45, 7) is -0.0183. The maximum absolute atomic E-state index is 11.1. The van der Waals surface area contributed by atoms with Gasteiger partial charge in [0, 0.05) is 16.8 Å². The van der Waals surface area contributed by atoms with Crippen molar-refractivity contribution in [1.82, 2.24) is 0 Å². The Morgan fingerprint density at radius 2 is 1.53 bits per heavy atom. The van der Waals surface area contributed by atoms with Gasteiger partial charge in [0.05, 0.1) is 6.54 Å². The van der Waals surface area contributed by atoms with Crippen molar-refractivity contribution < 1.29 is 4.79 Å². The van der Waals surface area contributed by atoms with Crippen molar-refractivity contribution in [2.75, 3.05) is 11.9 Å². The van der Waals surface area contributed by atoms with E-state index in [-0.39, 0.29) is 12.5 Å². The first-order chi connectivity index (χ1) is 9.28. The molecule has 0 aliphatic carbocycles. The van der Waals surface area contributed by atoms with Crippen LogP contribution in [0.5, 0.6) is 0 Å². The normalized spacial score (nSPS) is 9.32. The molecule has 0 fully saturated rings. The molecule has 3 heteroatoms. The molecule has 2 rings (SSSR count). The van der Waals surface area contributed by atoms with Gasteiger partial charge in [-0.05, 0) is 36.4 Å². The number of rotatable bonds is 2. The van der Waals surface area contributed by atoms with Crippen molar-refractivity contribution in [3.63, 3.8) is 0 Å². The second kappa shape index (κ2) is 6.39. The number of carbonyl (C=O) groups excluding carboxylic acids is 1. The summed E-state index contributed by atoms with van der Waals surface area (Å²) in [5.41, 5.74) is 7.82. The molecular formula is C16H14N2O. The molecule has 0 aliphatic heterocycles. The van der Waals surface area contributed by atoms with Crippen molar-refractivity contribution in [2.24, 2.45) is 5.73 Å². The third-order valence-corrected chi connectivity index (χ3v) is 2.48. The number of nitrogens with two attached hydrogens (primary N) is 1. The van der Waals surface area contributed by atoms with Crippen LogP contribution in [0.3, 0.4) is 0 Å². The number of hydrogen-bond donors (Lipinski definition) is 2. The van der Waals surface area contributed by atoms with Crippen molar-refractivity contribution in [1.29, 1.82) is 0 Å². The van der Waals surface area contributed by atoms with Gasteiger partial charge in [-0.15, -0.1) is 0 Å². The Hall–Kier alpha value is -2.57. The fourth-order valence-corrected chi connectivity index (χ4v) is 1.51. The molecule has 3 nitrogen and oxygen atoms in total. The van der Waals surface area contributed by atoms with E-state index in [2.05, 4.69) is 17.2 Å². The van der Waals surface area contributed by atoms with Crippen LogP contribution in [0, 0.1) is 11.8 Å². The average Bonchev–Trinajstić information content (AvgIpc) is 2.47. The Labute approximate surface area is 112 Å². The monoisotopic (exact) mass is 250 g/mol. The summed E-state index contributed by atoms with van der Waals surface area (Å²) in [6, 6.07) is 17.1. The van der Waals surface area contributed by atoms with Crippen LogP contribution in [0.15, 0.2) is 54.6 Å². The van der Waals surface area contributed by atoms with Gasteiger partial charge in [-0.1, -0.05) is 30.0 Å². The lowest BCUT2D eigenvalue weighted by atomic mass is 10.1. The van der Waals surface area contributed by atoms with Crippen LogP contribution < -0.4 is 11.1 Å². The lowest BCUT2D eigenvalue weighted by Gasteiger charge is -2.02. The lowest BCUT2D eigenvalue weighted by molar-refractivity contribution is -0.114. The molecule has 3 N–H and O–H groups in total. The largest absolute Gasteiger partial charge is 0.325 e. The van der Waals surface area contributed by atoms with Crippen LogP contribution in [-0.4, -0.2) is 12.5 Å². The number of anilines is 1. The maximum Gasteiger partial charge on any atom is 0.238 e. The molecule has 0 bridgehead atoms. The average molecular weight is 250 g/mol. The zero-order chi connectivity index (χ0) is 13.5. The van der Waals surface area contributed by atoms with Gasteiger partial charge in [-0.3, -0.25) is 4.79 Å². The van der Waals surface area contributed by atoms with Gasteiger partial charge < -0.3 is 11.1 Å². The van der Waals surface area contributed by atoms with Gasteiger partial charge in [-0.25, -0.2) is 0 Å². The molecule has 2 aromatic carbocycles. The first-order valence-corrected chi connectivity index (χ1v) is 5.95. The Morgan fingerprint density at radius 1 is 0.947 bits per heavy atom. The Kier molecular flexibility index (Phi) is 4.33. The van der Waals surface area contributed by atoms with Gasteiger partial charge in [0.1, 0.15) is 0 Å². The second-order valence-electron chi connectivity index (χ2n) is 3.95. The van der Waals surface area contributed by atoms with Crippen LogP contribution in [-0.2, 0) is 4.79 Å². The van der Waals surface area contributed by atoms with Crippen LogP contribution >= 0.6 is 0 Å². The van der Waals surface area contributed by atoms with Crippen molar-refractivity contribution in [3.05, 3.63) is 65.7 Å². The summed E-state index contributed by atoms with van der Waals surface area (Å²) in [6.07, 6.45) is 0. The van der Waals surface area contributed by atoms with Crippen LogP contribution in [0.1, 0.15) is 11.1 Å². The molecule has 0 radical (unpaired) electrons. The number of nitrogens with one attached hydrogen (secondary N) is 1. The molecule has 0 aliphatic rings. The highest BCUT2D eigenvalue weighted by Gasteiger charge is 1.97. The molecule has 0 saturated heterocycles. The summed E-state index contributed by atoms with van der Waals surface area (Å²) in [5, 5.41) is 2.68. The van der Waals surface area contributed by atoms with E-state index in [1.807, 2.05) is 54.6 Å². The van der Waals surface area contributed by atoms with Crippen LogP contribution in [0.2, 0.25) is 0 Å². The molecule has 0 heterocycles.